The minimum atomic E-state index is 0. The first-order valence-electron chi connectivity index (χ1n) is 0. The first kappa shape index (κ1) is 73.6. The van der Waals surface area contributed by atoms with Gasteiger partial charge in [0.2, 0.25) is 0 Å². The summed E-state index contributed by atoms with van der Waals surface area (Å²) in [6, 6.07) is 0. The third kappa shape index (κ3) is 26.6. The van der Waals surface area contributed by atoms with Crippen LogP contribution < -0.4 is 0 Å². The second-order valence-electron chi connectivity index (χ2n) is 0. The summed E-state index contributed by atoms with van der Waals surface area (Å²) in [6.45, 7) is 0. The van der Waals surface area contributed by atoms with Crippen molar-refractivity contribution in [2.24, 2.45) is 0 Å². The predicted octanol–water partition coefficient (Wildman–Crippen LogP) is -0.623. The van der Waals surface area contributed by atoms with E-state index in [2.05, 4.69) is 0 Å². The van der Waals surface area contributed by atoms with Crippen LogP contribution in [0.3, 0.4) is 0 Å². The SMILES string of the molecule is [O-2].[O-2].[Si+4].[Ti+4].[Zr+4]. The first-order valence-corrected chi connectivity index (χ1v) is 0. The molecule has 16 valence electrons. The monoisotopic (exact) mass is 198 g/mol. The zero-order chi connectivity index (χ0) is 0. The van der Waals surface area contributed by atoms with Crippen LogP contribution in [0.2, 0.25) is 0 Å². The van der Waals surface area contributed by atoms with Crippen molar-refractivity contribution in [3.63, 3.8) is 0 Å². The molecule has 0 saturated heterocycles. The third-order valence-corrected chi connectivity index (χ3v) is 0. The smallest absolute Gasteiger partial charge is 2.00 e. The molecule has 0 aromatic heterocycles. The fourth-order valence-corrected chi connectivity index (χ4v) is 0. The zero-order valence-corrected chi connectivity index (χ0v) is 7.34. The Balaban J connectivity index is 0. The van der Waals surface area contributed by atoms with Crippen LogP contribution in [0, 0.1) is 0 Å². The van der Waals surface area contributed by atoms with E-state index < -0.39 is 0 Å². The minimum Gasteiger partial charge on any atom is -2.00 e. The van der Waals surface area contributed by atoms with E-state index in [0.29, 0.717) is 0 Å². The maximum atomic E-state index is 0. The second-order valence-corrected chi connectivity index (χ2v) is 0. The van der Waals surface area contributed by atoms with Crippen LogP contribution in [0.5, 0.6) is 0 Å². The van der Waals surface area contributed by atoms with Crippen molar-refractivity contribution in [3.05, 3.63) is 0 Å². The summed E-state index contributed by atoms with van der Waals surface area (Å²) in [4.78, 5) is 0. The molecule has 0 bridgehead atoms. The fourth-order valence-electron chi connectivity index (χ4n) is 0. The van der Waals surface area contributed by atoms with Crippen molar-refractivity contribution in [1.82, 2.24) is 0 Å². The van der Waals surface area contributed by atoms with E-state index >= 15 is 0 Å². The molecule has 0 aromatic rings. The van der Waals surface area contributed by atoms with Gasteiger partial charge in [-0.3, -0.25) is 0 Å². The third-order valence-electron chi connectivity index (χ3n) is 0. The van der Waals surface area contributed by atoms with Crippen LogP contribution in [0.25, 0.3) is 0 Å². The molecule has 0 atom stereocenters. The van der Waals surface area contributed by atoms with Gasteiger partial charge in [0, 0.05) is 0 Å². The Bertz CT molecular complexity index is 9.61. The fraction of sp³-hybridized carbons (Fsp3) is 0. The standard InChI is InChI=1S/2O.Si.Ti.Zr/q2*-2;3*+4. The first-order chi connectivity index (χ1) is 0. The predicted molar refractivity (Wildman–Crippen MR) is 7.13 cm³/mol. The Morgan fingerprint density at radius 2 is 0.800 bits per heavy atom. The molecule has 0 rings (SSSR count). The van der Waals surface area contributed by atoms with Gasteiger partial charge in [0.15, 0.2) is 0 Å². The summed E-state index contributed by atoms with van der Waals surface area (Å²) in [7, 11) is 0. The Hall–Kier alpha value is 1.73. The van der Waals surface area contributed by atoms with Gasteiger partial charge in [0.05, 0.1) is 0 Å². The van der Waals surface area contributed by atoms with Crippen LogP contribution in [-0.2, 0) is 58.9 Å². The maximum absolute atomic E-state index is 0. The molecule has 5 heteroatoms. The molecule has 5 heavy (non-hydrogen) atoms. The van der Waals surface area contributed by atoms with Gasteiger partial charge in [-0.15, -0.1) is 0 Å². The van der Waals surface area contributed by atoms with Crippen molar-refractivity contribution < 1.29 is 58.9 Å². The molecule has 0 N–H and O–H groups in total. The van der Waals surface area contributed by atoms with Gasteiger partial charge in [0.1, 0.15) is 0 Å². The van der Waals surface area contributed by atoms with Crippen molar-refractivity contribution in [1.29, 1.82) is 0 Å². The summed E-state index contributed by atoms with van der Waals surface area (Å²) in [5.41, 5.74) is 0. The van der Waals surface area contributed by atoms with Crippen LogP contribution in [0.15, 0.2) is 0 Å². The minimum absolute atomic E-state index is 0. The Morgan fingerprint density at radius 1 is 0.800 bits per heavy atom. The Kier molecular flexibility index (Phi) is 629. The molecule has 0 unspecified atom stereocenters. The summed E-state index contributed by atoms with van der Waals surface area (Å²) < 4.78 is 0. The van der Waals surface area contributed by atoms with Gasteiger partial charge in [-0.1, -0.05) is 0 Å². The van der Waals surface area contributed by atoms with Crippen LogP contribution in [0.1, 0.15) is 0 Å². The van der Waals surface area contributed by atoms with Crippen LogP contribution in [0.4, 0.5) is 0 Å². The van der Waals surface area contributed by atoms with E-state index in [1.54, 1.807) is 0 Å². The van der Waals surface area contributed by atoms with Gasteiger partial charge < -0.3 is 11.0 Å². The molecule has 0 aromatic carbocycles. The molecule has 0 amide bonds. The largest absolute Gasteiger partial charge is 4.00 e. The molecule has 0 aliphatic carbocycles. The van der Waals surface area contributed by atoms with Crippen molar-refractivity contribution >= 4 is 11.0 Å². The molecule has 0 heterocycles. The Morgan fingerprint density at radius 3 is 0.800 bits per heavy atom. The topological polar surface area (TPSA) is 57.0 Å². The molecule has 0 fully saturated rings. The van der Waals surface area contributed by atoms with Gasteiger partial charge in [-0.25, -0.2) is 0 Å². The van der Waals surface area contributed by atoms with Crippen LogP contribution >= 0.6 is 0 Å². The van der Waals surface area contributed by atoms with Gasteiger partial charge in [-0.2, -0.15) is 0 Å². The van der Waals surface area contributed by atoms with Crippen molar-refractivity contribution in [2.45, 2.75) is 0 Å². The number of hydrogen-bond donors (Lipinski definition) is 0. The second kappa shape index (κ2) is 42.7. The molecular formula is O2SiTiZr+8. The zero-order valence-electron chi connectivity index (χ0n) is 2.32. The van der Waals surface area contributed by atoms with Gasteiger partial charge in [0.25, 0.3) is 0 Å². The van der Waals surface area contributed by atoms with E-state index in [1.807, 2.05) is 0 Å². The summed E-state index contributed by atoms with van der Waals surface area (Å²) >= 11 is 0. The van der Waals surface area contributed by atoms with E-state index in [9.17, 15) is 0 Å². The summed E-state index contributed by atoms with van der Waals surface area (Å²) in [5, 5.41) is 0. The molecule has 0 aliphatic rings. The number of hydrogen-bond acceptors (Lipinski definition) is 0. The Labute approximate surface area is 69.4 Å². The van der Waals surface area contributed by atoms with Gasteiger partial charge >= 0.3 is 58.9 Å². The molecule has 0 aliphatic heterocycles. The van der Waals surface area contributed by atoms with E-state index in [4.69, 9.17) is 0 Å². The quantitative estimate of drug-likeness (QED) is 0.467. The van der Waals surface area contributed by atoms with Crippen molar-refractivity contribution in [3.8, 4) is 0 Å². The van der Waals surface area contributed by atoms with Crippen molar-refractivity contribution in [2.75, 3.05) is 0 Å². The average molecular weight is 199 g/mol. The molecule has 0 radical (unpaired) electrons. The average Bonchev–Trinajstić information content (AvgIpc) is 0. The molecule has 0 saturated carbocycles. The summed E-state index contributed by atoms with van der Waals surface area (Å²) in [6.07, 6.45) is 0. The number of rotatable bonds is 0. The van der Waals surface area contributed by atoms with E-state index in [-0.39, 0.29) is 69.8 Å². The van der Waals surface area contributed by atoms with E-state index in [0.717, 1.165) is 0 Å². The maximum Gasteiger partial charge on any atom is 4.00 e. The van der Waals surface area contributed by atoms with E-state index in [1.165, 1.54) is 0 Å². The van der Waals surface area contributed by atoms with Gasteiger partial charge in [-0.05, 0) is 0 Å². The summed E-state index contributed by atoms with van der Waals surface area (Å²) in [5.74, 6) is 0. The molecule has 2 nitrogen and oxygen atoms in total. The van der Waals surface area contributed by atoms with Crippen LogP contribution in [-0.4, -0.2) is 11.0 Å². The normalized spacial score (nSPS) is 0. The molecule has 0 spiro atoms. The molecular weight excluding hydrogens is 199 g/mol.